The lowest BCUT2D eigenvalue weighted by Crippen LogP contribution is -2.34. The number of hydrogen-bond donors (Lipinski definition) is 2. The summed E-state index contributed by atoms with van der Waals surface area (Å²) in [7, 11) is 0. The van der Waals surface area contributed by atoms with Crippen LogP contribution in [0.1, 0.15) is 10.4 Å². The molecule has 1 aromatic carbocycles. The Morgan fingerprint density at radius 1 is 1.19 bits per heavy atom. The molecule has 0 bridgehead atoms. The first-order valence-corrected chi connectivity index (χ1v) is 6.34. The van der Waals surface area contributed by atoms with Gasteiger partial charge in [-0.05, 0) is 24.3 Å². The van der Waals surface area contributed by atoms with E-state index in [1.54, 1.807) is 6.07 Å². The fourth-order valence-corrected chi connectivity index (χ4v) is 1.88. The van der Waals surface area contributed by atoms with Crippen molar-refractivity contribution in [2.24, 2.45) is 0 Å². The minimum Gasteiger partial charge on any atom is -0.351 e. The summed E-state index contributed by atoms with van der Waals surface area (Å²) < 4.78 is 13.6. The number of pyridine rings is 1. The van der Waals surface area contributed by atoms with Crippen LogP contribution in [0.5, 0.6) is 0 Å². The van der Waals surface area contributed by atoms with Crippen LogP contribution in [0.2, 0.25) is 0 Å². The minimum atomic E-state index is -0.423. The predicted molar refractivity (Wildman–Crippen MR) is 77.2 cm³/mol. The van der Waals surface area contributed by atoms with Gasteiger partial charge in [0.15, 0.2) is 0 Å². The lowest BCUT2D eigenvalue weighted by molar-refractivity contribution is -0.116. The van der Waals surface area contributed by atoms with Crippen molar-refractivity contribution in [1.29, 1.82) is 0 Å². The molecule has 0 fully saturated rings. The molecule has 0 atom stereocenters. The average molecular weight is 287 g/mol. The minimum absolute atomic E-state index is 0.266. The van der Waals surface area contributed by atoms with Crippen molar-refractivity contribution in [2.75, 3.05) is 13.1 Å². The third-order valence-corrected chi connectivity index (χ3v) is 2.90. The number of nitrogens with one attached hydrogen (secondary N) is 2. The SMILES string of the molecule is C=CC(=O)NCCNC(=O)c1ccc(F)c2cnccc12. The van der Waals surface area contributed by atoms with Gasteiger partial charge in [-0.15, -0.1) is 0 Å². The summed E-state index contributed by atoms with van der Waals surface area (Å²) in [6, 6.07) is 4.25. The predicted octanol–water partition coefficient (Wildman–Crippen LogP) is 1.41. The van der Waals surface area contributed by atoms with Crippen molar-refractivity contribution >= 4 is 22.6 Å². The van der Waals surface area contributed by atoms with Crippen LogP contribution in [0.25, 0.3) is 10.8 Å². The number of benzene rings is 1. The number of nitrogens with zero attached hydrogens (tertiary/aromatic N) is 1. The zero-order chi connectivity index (χ0) is 15.2. The Kier molecular flexibility index (Phi) is 4.61. The number of fused-ring (bicyclic) bond motifs is 1. The number of carbonyl (C=O) groups is 2. The Hall–Kier alpha value is -2.76. The van der Waals surface area contributed by atoms with Crippen LogP contribution in [-0.2, 0) is 4.79 Å². The van der Waals surface area contributed by atoms with Crippen LogP contribution in [0, 0.1) is 5.82 Å². The second-order valence-electron chi connectivity index (χ2n) is 4.27. The van der Waals surface area contributed by atoms with Crippen molar-refractivity contribution in [1.82, 2.24) is 15.6 Å². The highest BCUT2D eigenvalue weighted by molar-refractivity contribution is 6.06. The molecule has 2 N–H and O–H groups in total. The van der Waals surface area contributed by atoms with Crippen LogP contribution in [0.4, 0.5) is 4.39 Å². The highest BCUT2D eigenvalue weighted by Gasteiger charge is 2.12. The zero-order valence-corrected chi connectivity index (χ0v) is 11.2. The van der Waals surface area contributed by atoms with E-state index in [2.05, 4.69) is 22.2 Å². The first-order chi connectivity index (χ1) is 10.1. The first-order valence-electron chi connectivity index (χ1n) is 6.34. The summed E-state index contributed by atoms with van der Waals surface area (Å²) in [5, 5.41) is 6.00. The smallest absolute Gasteiger partial charge is 0.251 e. The molecule has 21 heavy (non-hydrogen) atoms. The molecule has 0 saturated heterocycles. The molecule has 0 aliphatic heterocycles. The van der Waals surface area contributed by atoms with E-state index >= 15 is 0 Å². The number of hydrogen-bond acceptors (Lipinski definition) is 3. The van der Waals surface area contributed by atoms with Crippen molar-refractivity contribution in [2.45, 2.75) is 0 Å². The molecule has 0 spiro atoms. The van der Waals surface area contributed by atoms with Crippen LogP contribution in [0.3, 0.4) is 0 Å². The summed E-state index contributed by atoms with van der Waals surface area (Å²) in [5.41, 5.74) is 0.365. The molecule has 5 nitrogen and oxygen atoms in total. The van der Waals surface area contributed by atoms with Crippen LogP contribution < -0.4 is 10.6 Å². The van der Waals surface area contributed by atoms with Crippen molar-refractivity contribution in [3.63, 3.8) is 0 Å². The van der Waals surface area contributed by atoms with Gasteiger partial charge in [0.25, 0.3) is 5.91 Å². The third kappa shape index (κ3) is 3.42. The number of aromatic nitrogens is 1. The first kappa shape index (κ1) is 14.6. The molecule has 0 radical (unpaired) electrons. The Morgan fingerprint density at radius 3 is 2.71 bits per heavy atom. The van der Waals surface area contributed by atoms with E-state index < -0.39 is 5.82 Å². The van der Waals surface area contributed by atoms with Gasteiger partial charge in [-0.3, -0.25) is 14.6 Å². The summed E-state index contributed by atoms with van der Waals surface area (Å²) in [6.45, 7) is 3.88. The van der Waals surface area contributed by atoms with E-state index in [4.69, 9.17) is 0 Å². The monoisotopic (exact) mass is 287 g/mol. The maximum absolute atomic E-state index is 13.6. The second-order valence-corrected chi connectivity index (χ2v) is 4.27. The Balaban J connectivity index is 2.08. The van der Waals surface area contributed by atoms with Crippen LogP contribution >= 0.6 is 0 Å². The molecule has 2 rings (SSSR count). The number of halogens is 1. The van der Waals surface area contributed by atoms with Crippen LogP contribution in [-0.4, -0.2) is 29.9 Å². The highest BCUT2D eigenvalue weighted by atomic mass is 19.1. The third-order valence-electron chi connectivity index (χ3n) is 2.90. The number of carbonyl (C=O) groups excluding carboxylic acids is 2. The molecule has 2 amide bonds. The molecular formula is C15H14FN3O2. The molecule has 0 saturated carbocycles. The van der Waals surface area contributed by atoms with Crippen molar-refractivity contribution < 1.29 is 14.0 Å². The standard InChI is InChI=1S/C15H14FN3O2/c1-2-14(20)18-7-8-19-15(21)11-3-4-13(16)12-9-17-6-5-10(11)12/h2-6,9H,1,7-8H2,(H,18,20)(H,19,21). The molecule has 6 heteroatoms. The summed E-state index contributed by atoms with van der Waals surface area (Å²) in [4.78, 5) is 26.9. The van der Waals surface area contributed by atoms with Crippen molar-refractivity contribution in [3.05, 3.63) is 54.6 Å². The molecule has 0 unspecified atom stereocenters. The van der Waals surface area contributed by atoms with Gasteiger partial charge in [-0.2, -0.15) is 0 Å². The van der Waals surface area contributed by atoms with E-state index in [9.17, 15) is 14.0 Å². The molecular weight excluding hydrogens is 273 g/mol. The largest absolute Gasteiger partial charge is 0.351 e. The van der Waals surface area contributed by atoms with Gasteiger partial charge < -0.3 is 10.6 Å². The van der Waals surface area contributed by atoms with Gasteiger partial charge in [-0.25, -0.2) is 4.39 Å². The fourth-order valence-electron chi connectivity index (χ4n) is 1.88. The summed E-state index contributed by atoms with van der Waals surface area (Å²) in [6.07, 6.45) is 4.04. The number of rotatable bonds is 5. The van der Waals surface area contributed by atoms with E-state index in [0.717, 1.165) is 6.08 Å². The Labute approximate surface area is 120 Å². The summed E-state index contributed by atoms with van der Waals surface area (Å²) >= 11 is 0. The topological polar surface area (TPSA) is 71.1 Å². The zero-order valence-electron chi connectivity index (χ0n) is 11.2. The van der Waals surface area contributed by atoms with Gasteiger partial charge in [0, 0.05) is 41.8 Å². The number of amides is 2. The second kappa shape index (κ2) is 6.60. The van der Waals surface area contributed by atoms with E-state index in [0.29, 0.717) is 16.3 Å². The normalized spacial score (nSPS) is 10.1. The van der Waals surface area contributed by atoms with Gasteiger partial charge in [0.1, 0.15) is 5.82 Å². The highest BCUT2D eigenvalue weighted by Crippen LogP contribution is 2.20. The maximum atomic E-state index is 13.6. The molecule has 1 heterocycles. The van der Waals surface area contributed by atoms with Gasteiger partial charge in [0.2, 0.25) is 5.91 Å². The fraction of sp³-hybridized carbons (Fsp3) is 0.133. The van der Waals surface area contributed by atoms with Gasteiger partial charge in [0.05, 0.1) is 0 Å². The Bertz CT molecular complexity index is 700. The van der Waals surface area contributed by atoms with E-state index in [-0.39, 0.29) is 24.9 Å². The lowest BCUT2D eigenvalue weighted by atomic mass is 10.1. The maximum Gasteiger partial charge on any atom is 0.251 e. The molecule has 0 aliphatic rings. The summed E-state index contributed by atoms with van der Waals surface area (Å²) in [5.74, 6) is -1.06. The van der Waals surface area contributed by atoms with Crippen molar-refractivity contribution in [3.8, 4) is 0 Å². The van der Waals surface area contributed by atoms with Crippen LogP contribution in [0.15, 0.2) is 43.2 Å². The quantitative estimate of drug-likeness (QED) is 0.645. The van der Waals surface area contributed by atoms with Gasteiger partial charge in [-0.1, -0.05) is 6.58 Å². The lowest BCUT2D eigenvalue weighted by Gasteiger charge is -2.08. The van der Waals surface area contributed by atoms with E-state index in [1.807, 2.05) is 0 Å². The molecule has 2 aromatic rings. The molecule has 1 aromatic heterocycles. The molecule has 0 aliphatic carbocycles. The Morgan fingerprint density at radius 2 is 1.95 bits per heavy atom. The van der Waals surface area contributed by atoms with Gasteiger partial charge >= 0.3 is 0 Å². The van der Waals surface area contributed by atoms with E-state index in [1.165, 1.54) is 24.5 Å². The molecule has 108 valence electrons. The average Bonchev–Trinajstić information content (AvgIpc) is 2.51.